The Morgan fingerprint density at radius 3 is 2.76 bits per heavy atom. The molecule has 4 nitrogen and oxygen atoms in total. The van der Waals surface area contributed by atoms with Crippen molar-refractivity contribution in [2.45, 2.75) is 12.3 Å². The second kappa shape index (κ2) is 6.77. The molecule has 2 heterocycles. The topological polar surface area (TPSA) is 32.8 Å². The van der Waals surface area contributed by atoms with Crippen LogP contribution in [0, 0.1) is 0 Å². The van der Waals surface area contributed by atoms with Crippen LogP contribution >= 0.6 is 11.6 Å². The first-order valence-corrected chi connectivity index (χ1v) is 7.94. The highest BCUT2D eigenvalue weighted by atomic mass is 35.5. The van der Waals surface area contributed by atoms with Crippen LogP contribution in [0.3, 0.4) is 0 Å². The van der Waals surface area contributed by atoms with Crippen LogP contribution in [-0.4, -0.2) is 61.6 Å². The largest absolute Gasteiger partial charge is 0.379 e. The number of carbonyl (C=O) groups excluding carboxylic acids is 1. The number of halogens is 1. The number of hydrogen-bond acceptors (Lipinski definition) is 3. The number of morpholine rings is 1. The molecule has 114 valence electrons. The fraction of sp³-hybridized carbons (Fsp3) is 0.562. The summed E-state index contributed by atoms with van der Waals surface area (Å²) in [5.74, 6) is 0.596. The van der Waals surface area contributed by atoms with Gasteiger partial charge in [-0.2, -0.15) is 0 Å². The zero-order chi connectivity index (χ0) is 14.7. The van der Waals surface area contributed by atoms with Crippen molar-refractivity contribution < 1.29 is 9.53 Å². The van der Waals surface area contributed by atoms with Gasteiger partial charge in [-0.25, -0.2) is 0 Å². The summed E-state index contributed by atoms with van der Waals surface area (Å²) in [7, 11) is 0. The molecule has 0 aromatic heterocycles. The summed E-state index contributed by atoms with van der Waals surface area (Å²) < 4.78 is 5.31. The highest BCUT2D eigenvalue weighted by Gasteiger charge is 2.29. The van der Waals surface area contributed by atoms with Gasteiger partial charge in [0.1, 0.15) is 0 Å². The maximum absolute atomic E-state index is 12.4. The molecule has 1 amide bonds. The molecular weight excluding hydrogens is 288 g/mol. The van der Waals surface area contributed by atoms with Gasteiger partial charge in [-0.15, -0.1) is 0 Å². The number of ether oxygens (including phenoxy) is 1. The van der Waals surface area contributed by atoms with Crippen molar-refractivity contribution in [1.29, 1.82) is 0 Å². The lowest BCUT2D eigenvalue weighted by molar-refractivity contribution is -0.132. The second-order valence-electron chi connectivity index (χ2n) is 5.74. The molecule has 0 aliphatic carbocycles. The number of benzene rings is 1. The fourth-order valence-corrected chi connectivity index (χ4v) is 3.39. The fourth-order valence-electron chi connectivity index (χ4n) is 3.10. The Morgan fingerprint density at radius 1 is 1.24 bits per heavy atom. The number of hydrogen-bond donors (Lipinski definition) is 0. The zero-order valence-electron chi connectivity index (χ0n) is 12.1. The third-order valence-corrected chi connectivity index (χ3v) is 4.69. The molecule has 2 aliphatic rings. The molecule has 2 saturated heterocycles. The van der Waals surface area contributed by atoms with E-state index in [2.05, 4.69) is 11.0 Å². The summed E-state index contributed by atoms with van der Waals surface area (Å²) >= 11 is 6.26. The maximum Gasteiger partial charge on any atom is 0.236 e. The Bertz CT molecular complexity index is 503. The Morgan fingerprint density at radius 2 is 2.00 bits per heavy atom. The lowest BCUT2D eigenvalue weighted by Gasteiger charge is -2.28. The molecule has 5 heteroatoms. The Labute approximate surface area is 130 Å². The van der Waals surface area contributed by atoms with Crippen LogP contribution in [0.2, 0.25) is 5.02 Å². The predicted molar refractivity (Wildman–Crippen MR) is 82.6 cm³/mol. The second-order valence-corrected chi connectivity index (χ2v) is 6.14. The minimum atomic E-state index is 0.228. The molecule has 2 aliphatic heterocycles. The normalized spacial score (nSPS) is 23.5. The van der Waals surface area contributed by atoms with Gasteiger partial charge in [0.2, 0.25) is 5.91 Å². The number of nitrogens with zero attached hydrogens (tertiary/aromatic N) is 2. The average Bonchev–Trinajstić information content (AvgIpc) is 2.98. The first-order chi connectivity index (χ1) is 10.2. The quantitative estimate of drug-likeness (QED) is 0.856. The number of amides is 1. The molecular formula is C16H21ClN2O2. The van der Waals surface area contributed by atoms with Gasteiger partial charge >= 0.3 is 0 Å². The standard InChI is InChI=1S/C16H21ClN2O2/c17-15-4-2-1-3-14(15)13-5-6-19(11-13)16(20)12-18-7-9-21-10-8-18/h1-4,13H,5-12H2. The van der Waals surface area contributed by atoms with Gasteiger partial charge in [0.05, 0.1) is 19.8 Å². The van der Waals surface area contributed by atoms with Gasteiger partial charge in [0.25, 0.3) is 0 Å². The Kier molecular flexibility index (Phi) is 4.78. The van der Waals surface area contributed by atoms with Crippen LogP contribution in [0.1, 0.15) is 17.9 Å². The van der Waals surface area contributed by atoms with Gasteiger partial charge in [0, 0.05) is 37.1 Å². The Hall–Kier alpha value is -1.10. The summed E-state index contributed by atoms with van der Waals surface area (Å²) in [6.07, 6.45) is 0.999. The van der Waals surface area contributed by atoms with Gasteiger partial charge in [0.15, 0.2) is 0 Å². The molecule has 1 aromatic carbocycles. The molecule has 0 saturated carbocycles. The molecule has 0 spiro atoms. The third kappa shape index (κ3) is 3.57. The van der Waals surface area contributed by atoms with Crippen LogP contribution in [0.15, 0.2) is 24.3 Å². The molecule has 1 atom stereocenters. The number of likely N-dealkylation sites (tertiary alicyclic amines) is 1. The lowest BCUT2D eigenvalue weighted by Crippen LogP contribution is -2.44. The first-order valence-electron chi connectivity index (χ1n) is 7.56. The van der Waals surface area contributed by atoms with Crippen LogP contribution in [0.4, 0.5) is 0 Å². The predicted octanol–water partition coefficient (Wildman–Crippen LogP) is 1.99. The molecule has 1 unspecified atom stereocenters. The van der Waals surface area contributed by atoms with Crippen molar-refractivity contribution in [3.05, 3.63) is 34.9 Å². The molecule has 3 rings (SSSR count). The van der Waals surface area contributed by atoms with E-state index in [0.717, 1.165) is 50.8 Å². The average molecular weight is 309 g/mol. The van der Waals surface area contributed by atoms with Crippen LogP contribution in [0.5, 0.6) is 0 Å². The molecule has 0 radical (unpaired) electrons. The highest BCUT2D eigenvalue weighted by Crippen LogP contribution is 2.31. The van der Waals surface area contributed by atoms with Crippen molar-refractivity contribution in [1.82, 2.24) is 9.80 Å². The minimum absolute atomic E-state index is 0.228. The maximum atomic E-state index is 12.4. The van der Waals surface area contributed by atoms with E-state index in [1.807, 2.05) is 23.1 Å². The van der Waals surface area contributed by atoms with Gasteiger partial charge in [-0.05, 0) is 18.1 Å². The Balaban J connectivity index is 1.56. The van der Waals surface area contributed by atoms with E-state index in [-0.39, 0.29) is 5.91 Å². The molecule has 2 fully saturated rings. The highest BCUT2D eigenvalue weighted by molar-refractivity contribution is 6.31. The zero-order valence-corrected chi connectivity index (χ0v) is 12.9. The molecule has 21 heavy (non-hydrogen) atoms. The molecule has 1 aromatic rings. The van der Waals surface area contributed by atoms with Crippen molar-refractivity contribution in [3.8, 4) is 0 Å². The third-order valence-electron chi connectivity index (χ3n) is 4.35. The van der Waals surface area contributed by atoms with Gasteiger partial charge in [-0.3, -0.25) is 9.69 Å². The summed E-state index contributed by atoms with van der Waals surface area (Å²) in [4.78, 5) is 16.5. The minimum Gasteiger partial charge on any atom is -0.379 e. The summed E-state index contributed by atoms with van der Waals surface area (Å²) in [5.41, 5.74) is 1.17. The van der Waals surface area contributed by atoms with Crippen molar-refractivity contribution in [2.75, 3.05) is 45.9 Å². The monoisotopic (exact) mass is 308 g/mol. The van der Waals surface area contributed by atoms with E-state index >= 15 is 0 Å². The number of rotatable bonds is 3. The van der Waals surface area contributed by atoms with E-state index in [1.165, 1.54) is 5.56 Å². The summed E-state index contributed by atoms with van der Waals surface area (Å²) in [6, 6.07) is 7.96. The van der Waals surface area contributed by atoms with Crippen molar-refractivity contribution in [3.63, 3.8) is 0 Å². The van der Waals surface area contributed by atoms with Crippen LogP contribution in [-0.2, 0) is 9.53 Å². The van der Waals surface area contributed by atoms with Crippen LogP contribution < -0.4 is 0 Å². The van der Waals surface area contributed by atoms with Gasteiger partial charge < -0.3 is 9.64 Å². The summed E-state index contributed by atoms with van der Waals surface area (Å²) in [5, 5.41) is 0.810. The van der Waals surface area contributed by atoms with E-state index < -0.39 is 0 Å². The van der Waals surface area contributed by atoms with E-state index in [9.17, 15) is 4.79 Å². The van der Waals surface area contributed by atoms with Gasteiger partial charge in [-0.1, -0.05) is 29.8 Å². The summed E-state index contributed by atoms with van der Waals surface area (Å²) in [6.45, 7) is 5.30. The number of carbonyl (C=O) groups is 1. The lowest BCUT2D eigenvalue weighted by atomic mass is 9.98. The van der Waals surface area contributed by atoms with E-state index in [1.54, 1.807) is 0 Å². The van der Waals surface area contributed by atoms with Crippen molar-refractivity contribution >= 4 is 17.5 Å². The molecule has 0 N–H and O–H groups in total. The molecule has 0 bridgehead atoms. The smallest absolute Gasteiger partial charge is 0.236 e. The van der Waals surface area contributed by atoms with Crippen molar-refractivity contribution in [2.24, 2.45) is 0 Å². The van der Waals surface area contributed by atoms with E-state index in [0.29, 0.717) is 12.5 Å². The van der Waals surface area contributed by atoms with E-state index in [4.69, 9.17) is 16.3 Å². The SMILES string of the molecule is O=C(CN1CCOCC1)N1CCC(c2ccccc2Cl)C1. The van der Waals surface area contributed by atoms with Crippen LogP contribution in [0.25, 0.3) is 0 Å². The first kappa shape index (κ1) is 14.8.